The Morgan fingerprint density at radius 2 is 2.26 bits per heavy atom. The number of carboxylic acid groups (broad SMARTS) is 1. The summed E-state index contributed by atoms with van der Waals surface area (Å²) >= 11 is 5.92. The van der Waals surface area contributed by atoms with Gasteiger partial charge in [-0.15, -0.1) is 0 Å². The maximum Gasteiger partial charge on any atom is 0.310 e. The summed E-state index contributed by atoms with van der Waals surface area (Å²) in [6.45, 7) is 3.64. The molecule has 5 heteroatoms. The first-order chi connectivity index (χ1) is 8.90. The standard InChI is InChI=1S/C14H18ClNO3/c1-14(13(18)19)5-2-6-16(9-14)8-10-7-11(15)3-4-12(10)17/h3-4,7,17H,2,5-6,8-9H2,1H3,(H,18,19). The summed E-state index contributed by atoms with van der Waals surface area (Å²) < 4.78 is 0. The van der Waals surface area contributed by atoms with E-state index in [-0.39, 0.29) is 5.75 Å². The van der Waals surface area contributed by atoms with Crippen LogP contribution >= 0.6 is 11.6 Å². The third-order valence-electron chi connectivity index (χ3n) is 3.73. The molecule has 1 heterocycles. The molecule has 1 atom stereocenters. The Balaban J connectivity index is 2.11. The first-order valence-electron chi connectivity index (χ1n) is 6.34. The van der Waals surface area contributed by atoms with E-state index in [0.717, 1.165) is 18.5 Å². The zero-order valence-electron chi connectivity index (χ0n) is 10.9. The lowest BCUT2D eigenvalue weighted by Crippen LogP contribution is -2.45. The molecule has 0 amide bonds. The molecule has 104 valence electrons. The van der Waals surface area contributed by atoms with Gasteiger partial charge in [0.1, 0.15) is 5.75 Å². The molecule has 2 rings (SSSR count). The molecule has 4 nitrogen and oxygen atoms in total. The number of piperidine rings is 1. The summed E-state index contributed by atoms with van der Waals surface area (Å²) in [4.78, 5) is 13.4. The maximum absolute atomic E-state index is 11.3. The van der Waals surface area contributed by atoms with Crippen LogP contribution in [0.4, 0.5) is 0 Å². The summed E-state index contributed by atoms with van der Waals surface area (Å²) in [5.74, 6) is -0.556. The summed E-state index contributed by atoms with van der Waals surface area (Å²) in [6.07, 6.45) is 1.55. The molecule has 0 bridgehead atoms. The minimum absolute atomic E-state index is 0.201. The van der Waals surface area contributed by atoms with Crippen LogP contribution in [0.5, 0.6) is 5.75 Å². The zero-order chi connectivity index (χ0) is 14.0. The van der Waals surface area contributed by atoms with Crippen molar-refractivity contribution >= 4 is 17.6 Å². The lowest BCUT2D eigenvalue weighted by molar-refractivity contribution is -0.151. The largest absolute Gasteiger partial charge is 0.508 e. The van der Waals surface area contributed by atoms with E-state index in [1.807, 2.05) is 0 Å². The van der Waals surface area contributed by atoms with Gasteiger partial charge < -0.3 is 10.2 Å². The number of carboxylic acids is 1. The van der Waals surface area contributed by atoms with Gasteiger partial charge in [-0.05, 0) is 44.5 Å². The Kier molecular flexibility index (Phi) is 4.02. The van der Waals surface area contributed by atoms with E-state index in [1.54, 1.807) is 25.1 Å². The Bertz CT molecular complexity index is 492. The van der Waals surface area contributed by atoms with E-state index in [0.29, 0.717) is 24.5 Å². The van der Waals surface area contributed by atoms with Crippen molar-refractivity contribution in [2.24, 2.45) is 5.41 Å². The van der Waals surface area contributed by atoms with Crippen LogP contribution in [-0.2, 0) is 11.3 Å². The summed E-state index contributed by atoms with van der Waals surface area (Å²) in [5.41, 5.74) is 0.0362. The number of phenols is 1. The number of rotatable bonds is 3. The zero-order valence-corrected chi connectivity index (χ0v) is 11.7. The molecule has 1 aliphatic heterocycles. The van der Waals surface area contributed by atoms with Crippen molar-refractivity contribution in [3.05, 3.63) is 28.8 Å². The van der Waals surface area contributed by atoms with Crippen LogP contribution < -0.4 is 0 Å². The molecule has 1 unspecified atom stereocenters. The molecule has 0 spiro atoms. The molecule has 2 N–H and O–H groups in total. The second kappa shape index (κ2) is 5.39. The Labute approximate surface area is 117 Å². The molecule has 1 fully saturated rings. The third-order valence-corrected chi connectivity index (χ3v) is 3.96. The van der Waals surface area contributed by atoms with Gasteiger partial charge in [0, 0.05) is 23.7 Å². The predicted octanol–water partition coefficient (Wildman–Crippen LogP) is 2.73. The van der Waals surface area contributed by atoms with Crippen molar-refractivity contribution in [1.82, 2.24) is 4.90 Å². The Morgan fingerprint density at radius 1 is 1.53 bits per heavy atom. The summed E-state index contributed by atoms with van der Waals surface area (Å²) in [5, 5.41) is 19.7. The SMILES string of the molecule is CC1(C(=O)O)CCCN(Cc2cc(Cl)ccc2O)C1. The third kappa shape index (κ3) is 3.19. The molecule has 0 saturated carbocycles. The molecule has 1 saturated heterocycles. The van der Waals surface area contributed by atoms with Gasteiger partial charge in [0.25, 0.3) is 0 Å². The minimum Gasteiger partial charge on any atom is -0.508 e. The molecular formula is C14H18ClNO3. The van der Waals surface area contributed by atoms with Crippen molar-refractivity contribution in [3.63, 3.8) is 0 Å². The van der Waals surface area contributed by atoms with E-state index in [1.165, 1.54) is 0 Å². The first kappa shape index (κ1) is 14.2. The van der Waals surface area contributed by atoms with Crippen LogP contribution in [0.25, 0.3) is 0 Å². The van der Waals surface area contributed by atoms with E-state index < -0.39 is 11.4 Å². The molecule has 1 aromatic carbocycles. The van der Waals surface area contributed by atoms with Crippen molar-refractivity contribution in [1.29, 1.82) is 0 Å². The minimum atomic E-state index is -0.757. The predicted molar refractivity (Wildman–Crippen MR) is 73.4 cm³/mol. The van der Waals surface area contributed by atoms with Gasteiger partial charge in [0.05, 0.1) is 5.41 Å². The molecule has 1 aromatic rings. The van der Waals surface area contributed by atoms with Gasteiger partial charge in [-0.3, -0.25) is 9.69 Å². The number of nitrogens with zero attached hydrogens (tertiary/aromatic N) is 1. The topological polar surface area (TPSA) is 60.8 Å². The van der Waals surface area contributed by atoms with Gasteiger partial charge in [0.15, 0.2) is 0 Å². The van der Waals surface area contributed by atoms with Crippen LogP contribution in [0.2, 0.25) is 5.02 Å². The second-order valence-electron chi connectivity index (χ2n) is 5.45. The van der Waals surface area contributed by atoms with Gasteiger partial charge in [0.2, 0.25) is 0 Å². The highest BCUT2D eigenvalue weighted by molar-refractivity contribution is 6.30. The molecule has 0 aliphatic carbocycles. The van der Waals surface area contributed by atoms with Gasteiger partial charge in [-0.25, -0.2) is 0 Å². The highest BCUT2D eigenvalue weighted by Crippen LogP contribution is 2.32. The fourth-order valence-electron chi connectivity index (χ4n) is 2.58. The number of aliphatic carboxylic acids is 1. The smallest absolute Gasteiger partial charge is 0.310 e. The number of benzene rings is 1. The monoisotopic (exact) mass is 283 g/mol. The number of phenolic OH excluding ortho intramolecular Hbond substituents is 1. The normalized spacial score (nSPS) is 24.3. The van der Waals surface area contributed by atoms with E-state index in [2.05, 4.69) is 4.90 Å². The van der Waals surface area contributed by atoms with E-state index >= 15 is 0 Å². The van der Waals surface area contributed by atoms with Gasteiger partial charge >= 0.3 is 5.97 Å². The first-order valence-corrected chi connectivity index (χ1v) is 6.72. The molecule has 0 radical (unpaired) electrons. The van der Waals surface area contributed by atoms with Crippen LogP contribution in [0.15, 0.2) is 18.2 Å². The van der Waals surface area contributed by atoms with Crippen molar-refractivity contribution < 1.29 is 15.0 Å². The van der Waals surface area contributed by atoms with Crippen LogP contribution in [0.3, 0.4) is 0 Å². The van der Waals surface area contributed by atoms with Gasteiger partial charge in [-0.2, -0.15) is 0 Å². The number of hydrogen-bond donors (Lipinski definition) is 2. The maximum atomic E-state index is 11.3. The molecule has 19 heavy (non-hydrogen) atoms. The van der Waals surface area contributed by atoms with Crippen molar-refractivity contribution in [3.8, 4) is 5.75 Å². The lowest BCUT2D eigenvalue weighted by Gasteiger charge is -2.37. The fourth-order valence-corrected chi connectivity index (χ4v) is 2.77. The average Bonchev–Trinajstić information content (AvgIpc) is 2.34. The fraction of sp³-hybridized carbons (Fsp3) is 0.500. The Hall–Kier alpha value is -1.26. The lowest BCUT2D eigenvalue weighted by atomic mass is 9.82. The number of aromatic hydroxyl groups is 1. The van der Waals surface area contributed by atoms with Crippen molar-refractivity contribution in [2.75, 3.05) is 13.1 Å². The van der Waals surface area contributed by atoms with Gasteiger partial charge in [-0.1, -0.05) is 11.6 Å². The molecular weight excluding hydrogens is 266 g/mol. The van der Waals surface area contributed by atoms with E-state index in [4.69, 9.17) is 11.6 Å². The summed E-state index contributed by atoms with van der Waals surface area (Å²) in [6, 6.07) is 4.93. The molecule has 0 aromatic heterocycles. The van der Waals surface area contributed by atoms with Crippen molar-refractivity contribution in [2.45, 2.75) is 26.3 Å². The van der Waals surface area contributed by atoms with E-state index in [9.17, 15) is 15.0 Å². The number of carbonyl (C=O) groups is 1. The highest BCUT2D eigenvalue weighted by Gasteiger charge is 2.37. The highest BCUT2D eigenvalue weighted by atomic mass is 35.5. The average molecular weight is 284 g/mol. The quantitative estimate of drug-likeness (QED) is 0.895. The second-order valence-corrected chi connectivity index (χ2v) is 5.89. The van der Waals surface area contributed by atoms with Crippen LogP contribution in [-0.4, -0.2) is 34.2 Å². The summed E-state index contributed by atoms with van der Waals surface area (Å²) in [7, 11) is 0. The van der Waals surface area contributed by atoms with Crippen LogP contribution in [0.1, 0.15) is 25.3 Å². The number of halogens is 1. The van der Waals surface area contributed by atoms with Crippen LogP contribution in [0, 0.1) is 5.41 Å². The number of likely N-dealkylation sites (tertiary alicyclic amines) is 1. The number of hydrogen-bond acceptors (Lipinski definition) is 3. The Morgan fingerprint density at radius 3 is 2.95 bits per heavy atom. The molecule has 1 aliphatic rings.